The standard InChI is InChI=1S/C17H26FN/c1-12(2)13-8-10-14(11-9-13)17(19-3)15-6-4-5-7-16(15)18/h4-7,12-14,17,19H,8-11H2,1-3H3. The maximum absolute atomic E-state index is 13.9. The molecule has 1 fully saturated rings. The smallest absolute Gasteiger partial charge is 0.127 e. The van der Waals surface area contributed by atoms with Crippen LogP contribution in [0.5, 0.6) is 0 Å². The normalized spacial score (nSPS) is 25.5. The molecule has 0 aromatic heterocycles. The van der Waals surface area contributed by atoms with Crippen molar-refractivity contribution in [2.45, 2.75) is 45.6 Å². The van der Waals surface area contributed by atoms with Crippen LogP contribution in [0.15, 0.2) is 24.3 Å². The van der Waals surface area contributed by atoms with E-state index in [1.54, 1.807) is 12.1 Å². The molecular formula is C17H26FN. The van der Waals surface area contributed by atoms with Crippen molar-refractivity contribution in [3.8, 4) is 0 Å². The predicted molar refractivity (Wildman–Crippen MR) is 78.5 cm³/mol. The molecule has 1 aromatic rings. The van der Waals surface area contributed by atoms with E-state index >= 15 is 0 Å². The van der Waals surface area contributed by atoms with Gasteiger partial charge in [0.2, 0.25) is 0 Å². The molecule has 1 atom stereocenters. The Kier molecular flexibility index (Phi) is 4.98. The summed E-state index contributed by atoms with van der Waals surface area (Å²) in [4.78, 5) is 0. The average Bonchev–Trinajstić information content (AvgIpc) is 2.42. The Morgan fingerprint density at radius 3 is 2.16 bits per heavy atom. The fraction of sp³-hybridized carbons (Fsp3) is 0.647. The molecule has 1 N–H and O–H groups in total. The molecule has 0 amide bonds. The summed E-state index contributed by atoms with van der Waals surface area (Å²) in [5.41, 5.74) is 0.831. The van der Waals surface area contributed by atoms with E-state index in [1.807, 2.05) is 19.2 Å². The maximum Gasteiger partial charge on any atom is 0.127 e. The molecule has 1 saturated carbocycles. The summed E-state index contributed by atoms with van der Waals surface area (Å²) in [7, 11) is 1.95. The molecule has 1 nitrogen and oxygen atoms in total. The summed E-state index contributed by atoms with van der Waals surface area (Å²) >= 11 is 0. The molecule has 0 spiro atoms. The summed E-state index contributed by atoms with van der Waals surface area (Å²) in [5, 5.41) is 3.33. The fourth-order valence-corrected chi connectivity index (χ4v) is 3.52. The van der Waals surface area contributed by atoms with Gasteiger partial charge in [-0.15, -0.1) is 0 Å². The lowest BCUT2D eigenvalue weighted by molar-refractivity contribution is 0.191. The Labute approximate surface area is 116 Å². The van der Waals surface area contributed by atoms with Gasteiger partial charge >= 0.3 is 0 Å². The third-order valence-corrected chi connectivity index (χ3v) is 4.78. The predicted octanol–water partition coefficient (Wildman–Crippen LogP) is 4.55. The Balaban J connectivity index is 2.06. The van der Waals surface area contributed by atoms with E-state index in [2.05, 4.69) is 19.2 Å². The molecule has 0 saturated heterocycles. The first kappa shape index (κ1) is 14.5. The summed E-state index contributed by atoms with van der Waals surface area (Å²) in [6.07, 6.45) is 5.00. The number of rotatable bonds is 4. The van der Waals surface area contributed by atoms with Crippen LogP contribution in [-0.2, 0) is 0 Å². The van der Waals surface area contributed by atoms with Gasteiger partial charge in [-0.1, -0.05) is 32.0 Å². The van der Waals surface area contributed by atoms with Crippen LogP contribution in [0.2, 0.25) is 0 Å². The zero-order chi connectivity index (χ0) is 13.8. The zero-order valence-electron chi connectivity index (χ0n) is 12.3. The van der Waals surface area contributed by atoms with Crippen LogP contribution in [0.4, 0.5) is 4.39 Å². The van der Waals surface area contributed by atoms with Crippen LogP contribution in [0, 0.1) is 23.6 Å². The van der Waals surface area contributed by atoms with E-state index in [4.69, 9.17) is 0 Å². The quantitative estimate of drug-likeness (QED) is 0.840. The van der Waals surface area contributed by atoms with Crippen LogP contribution in [0.3, 0.4) is 0 Å². The highest BCUT2D eigenvalue weighted by Gasteiger charge is 2.29. The van der Waals surface area contributed by atoms with Gasteiger partial charge in [-0.25, -0.2) is 4.39 Å². The van der Waals surface area contributed by atoms with Gasteiger partial charge in [0.1, 0.15) is 5.82 Å². The molecule has 1 aliphatic carbocycles. The highest BCUT2D eigenvalue weighted by Crippen LogP contribution is 2.39. The lowest BCUT2D eigenvalue weighted by atomic mass is 9.73. The SMILES string of the molecule is CNC(c1ccccc1F)C1CCC(C(C)C)CC1. The van der Waals surface area contributed by atoms with Crippen LogP contribution in [0.25, 0.3) is 0 Å². The van der Waals surface area contributed by atoms with Crippen LogP contribution >= 0.6 is 0 Å². The van der Waals surface area contributed by atoms with Crippen molar-refractivity contribution in [2.75, 3.05) is 7.05 Å². The largest absolute Gasteiger partial charge is 0.313 e. The van der Waals surface area contributed by atoms with Gasteiger partial charge in [0.25, 0.3) is 0 Å². The second kappa shape index (κ2) is 6.51. The highest BCUT2D eigenvalue weighted by molar-refractivity contribution is 5.22. The van der Waals surface area contributed by atoms with Crippen molar-refractivity contribution in [1.82, 2.24) is 5.32 Å². The fourth-order valence-electron chi connectivity index (χ4n) is 3.52. The Bertz CT molecular complexity index is 394. The van der Waals surface area contributed by atoms with Gasteiger partial charge < -0.3 is 5.32 Å². The summed E-state index contributed by atoms with van der Waals surface area (Å²) in [5.74, 6) is 2.13. The Hall–Kier alpha value is -0.890. The van der Waals surface area contributed by atoms with E-state index in [0.29, 0.717) is 5.92 Å². The lowest BCUT2D eigenvalue weighted by Crippen LogP contribution is -2.30. The number of nitrogens with one attached hydrogen (secondary N) is 1. The van der Waals surface area contributed by atoms with E-state index in [-0.39, 0.29) is 11.9 Å². The van der Waals surface area contributed by atoms with E-state index in [1.165, 1.54) is 25.7 Å². The van der Waals surface area contributed by atoms with Crippen molar-refractivity contribution < 1.29 is 4.39 Å². The van der Waals surface area contributed by atoms with Gasteiger partial charge in [0, 0.05) is 11.6 Å². The van der Waals surface area contributed by atoms with E-state index < -0.39 is 0 Å². The topological polar surface area (TPSA) is 12.0 Å². The molecule has 2 rings (SSSR count). The molecule has 106 valence electrons. The van der Waals surface area contributed by atoms with E-state index in [9.17, 15) is 4.39 Å². The van der Waals surface area contributed by atoms with Crippen LogP contribution in [0.1, 0.15) is 51.1 Å². The second-order valence-corrected chi connectivity index (χ2v) is 6.21. The van der Waals surface area contributed by atoms with Gasteiger partial charge in [0.15, 0.2) is 0 Å². The number of halogens is 1. The van der Waals surface area contributed by atoms with Gasteiger partial charge in [0.05, 0.1) is 0 Å². The number of hydrogen-bond acceptors (Lipinski definition) is 1. The molecular weight excluding hydrogens is 237 g/mol. The molecule has 0 radical (unpaired) electrons. The van der Waals surface area contributed by atoms with Crippen molar-refractivity contribution in [2.24, 2.45) is 17.8 Å². The van der Waals surface area contributed by atoms with Crippen molar-refractivity contribution in [3.63, 3.8) is 0 Å². The van der Waals surface area contributed by atoms with E-state index in [0.717, 1.165) is 17.4 Å². The first-order valence-electron chi connectivity index (χ1n) is 7.55. The van der Waals surface area contributed by atoms with Gasteiger partial charge in [-0.3, -0.25) is 0 Å². The molecule has 1 aliphatic rings. The highest BCUT2D eigenvalue weighted by atomic mass is 19.1. The Morgan fingerprint density at radius 1 is 1.05 bits per heavy atom. The third-order valence-electron chi connectivity index (χ3n) is 4.78. The summed E-state index contributed by atoms with van der Waals surface area (Å²) < 4.78 is 13.9. The lowest BCUT2D eigenvalue weighted by Gasteiger charge is -2.35. The van der Waals surface area contributed by atoms with Crippen LogP contribution < -0.4 is 5.32 Å². The van der Waals surface area contributed by atoms with Crippen LogP contribution in [-0.4, -0.2) is 7.05 Å². The average molecular weight is 263 g/mol. The molecule has 2 heteroatoms. The minimum atomic E-state index is -0.0761. The first-order chi connectivity index (χ1) is 9.13. The summed E-state index contributed by atoms with van der Waals surface area (Å²) in [6, 6.07) is 7.35. The molecule has 1 aromatic carbocycles. The molecule has 19 heavy (non-hydrogen) atoms. The minimum Gasteiger partial charge on any atom is -0.313 e. The molecule has 1 unspecified atom stereocenters. The van der Waals surface area contributed by atoms with Gasteiger partial charge in [-0.05, 0) is 56.6 Å². The number of benzene rings is 1. The van der Waals surface area contributed by atoms with Crippen molar-refractivity contribution in [1.29, 1.82) is 0 Å². The second-order valence-electron chi connectivity index (χ2n) is 6.21. The zero-order valence-corrected chi connectivity index (χ0v) is 12.3. The molecule has 0 aliphatic heterocycles. The summed E-state index contributed by atoms with van der Waals surface area (Å²) in [6.45, 7) is 4.63. The monoisotopic (exact) mass is 263 g/mol. The third kappa shape index (κ3) is 3.36. The van der Waals surface area contributed by atoms with Gasteiger partial charge in [-0.2, -0.15) is 0 Å². The van der Waals surface area contributed by atoms with Crippen molar-refractivity contribution in [3.05, 3.63) is 35.6 Å². The molecule has 0 bridgehead atoms. The van der Waals surface area contributed by atoms with Crippen molar-refractivity contribution >= 4 is 0 Å². The number of hydrogen-bond donors (Lipinski definition) is 1. The first-order valence-corrected chi connectivity index (χ1v) is 7.55. The Morgan fingerprint density at radius 2 is 1.63 bits per heavy atom. The maximum atomic E-state index is 13.9. The molecule has 0 heterocycles. The minimum absolute atomic E-state index is 0.0761.